The number of methoxy groups -OCH3 is 1. The highest BCUT2D eigenvalue weighted by Crippen LogP contribution is 2.24. The molecular weight excluding hydrogens is 392 g/mol. The number of benzene rings is 1. The minimum absolute atomic E-state index is 0.192. The maximum Gasteiger partial charge on any atom is 0.319 e. The van der Waals surface area contributed by atoms with Crippen LogP contribution in [0.3, 0.4) is 0 Å². The topological polar surface area (TPSA) is 102 Å². The summed E-state index contributed by atoms with van der Waals surface area (Å²) in [6, 6.07) is 9.22. The van der Waals surface area contributed by atoms with Crippen molar-refractivity contribution in [2.24, 2.45) is 0 Å². The Morgan fingerprint density at radius 1 is 1.26 bits per heavy atom. The SMILES string of the molecule is COc1nc(Cl)cc(NCCOc2ccc(CC3SC(=O)NC3=O)cc2)n1. The number of hydrogen-bond donors (Lipinski definition) is 2. The van der Waals surface area contributed by atoms with Crippen LogP contribution in [0, 0.1) is 0 Å². The molecule has 1 aromatic heterocycles. The molecule has 0 bridgehead atoms. The summed E-state index contributed by atoms with van der Waals surface area (Å²) in [6.07, 6.45) is 0.500. The second-order valence-corrected chi connectivity index (χ2v) is 7.13. The molecule has 0 radical (unpaired) electrons. The third-order valence-corrected chi connectivity index (χ3v) is 4.82. The molecule has 2 amide bonds. The smallest absolute Gasteiger partial charge is 0.319 e. The Morgan fingerprint density at radius 2 is 2.04 bits per heavy atom. The number of rotatable bonds is 8. The van der Waals surface area contributed by atoms with Crippen molar-refractivity contribution in [2.45, 2.75) is 11.7 Å². The van der Waals surface area contributed by atoms with E-state index in [9.17, 15) is 9.59 Å². The summed E-state index contributed by atoms with van der Waals surface area (Å²) in [4.78, 5) is 30.8. The fourth-order valence-electron chi connectivity index (χ4n) is 2.39. The van der Waals surface area contributed by atoms with Gasteiger partial charge in [0.15, 0.2) is 0 Å². The van der Waals surface area contributed by atoms with Crippen LogP contribution in [0.15, 0.2) is 30.3 Å². The van der Waals surface area contributed by atoms with E-state index < -0.39 is 0 Å². The number of carbonyl (C=O) groups is 2. The van der Waals surface area contributed by atoms with Gasteiger partial charge in [0.1, 0.15) is 23.3 Å². The maximum atomic E-state index is 11.6. The van der Waals surface area contributed by atoms with E-state index in [-0.39, 0.29) is 27.6 Å². The molecule has 27 heavy (non-hydrogen) atoms. The lowest BCUT2D eigenvalue weighted by Gasteiger charge is -2.10. The van der Waals surface area contributed by atoms with Crippen molar-refractivity contribution in [2.75, 3.05) is 25.6 Å². The van der Waals surface area contributed by atoms with Gasteiger partial charge < -0.3 is 14.8 Å². The first-order valence-electron chi connectivity index (χ1n) is 8.09. The van der Waals surface area contributed by atoms with Crippen molar-refractivity contribution >= 4 is 40.3 Å². The molecule has 0 aliphatic carbocycles. The van der Waals surface area contributed by atoms with Gasteiger partial charge in [0, 0.05) is 6.07 Å². The number of hydrogen-bond acceptors (Lipinski definition) is 8. The zero-order valence-electron chi connectivity index (χ0n) is 14.4. The van der Waals surface area contributed by atoms with Crippen LogP contribution in [0.4, 0.5) is 10.6 Å². The van der Waals surface area contributed by atoms with Gasteiger partial charge in [-0.2, -0.15) is 9.97 Å². The third-order valence-electron chi connectivity index (χ3n) is 3.65. The third kappa shape index (κ3) is 5.48. The van der Waals surface area contributed by atoms with Gasteiger partial charge in [0.2, 0.25) is 5.91 Å². The van der Waals surface area contributed by atoms with Crippen molar-refractivity contribution in [1.29, 1.82) is 0 Å². The molecule has 1 saturated heterocycles. The minimum Gasteiger partial charge on any atom is -0.492 e. The normalized spacial score (nSPS) is 16.1. The van der Waals surface area contributed by atoms with Crippen LogP contribution in [-0.4, -0.2) is 46.6 Å². The van der Waals surface area contributed by atoms with Gasteiger partial charge >= 0.3 is 6.01 Å². The Balaban J connectivity index is 1.44. The molecule has 2 heterocycles. The van der Waals surface area contributed by atoms with Gasteiger partial charge in [-0.05, 0) is 24.1 Å². The molecule has 2 N–H and O–H groups in total. The molecule has 1 fully saturated rings. The van der Waals surface area contributed by atoms with Gasteiger partial charge in [0.05, 0.1) is 18.9 Å². The quantitative estimate of drug-likeness (QED) is 0.507. The Bertz CT molecular complexity index is 834. The second-order valence-electron chi connectivity index (χ2n) is 5.57. The first-order valence-corrected chi connectivity index (χ1v) is 9.35. The number of imide groups is 1. The molecule has 1 atom stereocenters. The summed E-state index contributed by atoms with van der Waals surface area (Å²) < 4.78 is 10.6. The Labute approximate surface area is 165 Å². The first-order chi connectivity index (χ1) is 13.0. The monoisotopic (exact) mass is 408 g/mol. The molecule has 142 valence electrons. The van der Waals surface area contributed by atoms with E-state index in [4.69, 9.17) is 21.1 Å². The number of carbonyl (C=O) groups excluding carboxylic acids is 2. The number of aromatic nitrogens is 2. The van der Waals surface area contributed by atoms with Gasteiger partial charge in [-0.3, -0.25) is 14.9 Å². The minimum atomic E-state index is -0.370. The number of nitrogens with one attached hydrogen (secondary N) is 2. The summed E-state index contributed by atoms with van der Waals surface area (Å²) in [7, 11) is 1.47. The highest BCUT2D eigenvalue weighted by atomic mass is 35.5. The number of amides is 2. The van der Waals surface area contributed by atoms with Crippen molar-refractivity contribution in [1.82, 2.24) is 15.3 Å². The molecule has 2 aromatic rings. The van der Waals surface area contributed by atoms with Crippen molar-refractivity contribution in [3.63, 3.8) is 0 Å². The Morgan fingerprint density at radius 3 is 2.70 bits per heavy atom. The van der Waals surface area contributed by atoms with Crippen LogP contribution >= 0.6 is 23.4 Å². The lowest BCUT2D eigenvalue weighted by molar-refractivity contribution is -0.118. The van der Waals surface area contributed by atoms with Crippen LogP contribution in [-0.2, 0) is 11.2 Å². The highest BCUT2D eigenvalue weighted by Gasteiger charge is 2.31. The van der Waals surface area contributed by atoms with E-state index in [1.165, 1.54) is 7.11 Å². The van der Waals surface area contributed by atoms with Gasteiger partial charge in [-0.1, -0.05) is 35.5 Å². The van der Waals surface area contributed by atoms with Crippen LogP contribution < -0.4 is 20.1 Å². The molecule has 8 nitrogen and oxygen atoms in total. The van der Waals surface area contributed by atoms with E-state index in [0.717, 1.165) is 17.3 Å². The van der Waals surface area contributed by atoms with E-state index in [2.05, 4.69) is 20.6 Å². The Hall–Kier alpha value is -2.52. The van der Waals surface area contributed by atoms with Gasteiger partial charge in [-0.15, -0.1) is 0 Å². The highest BCUT2D eigenvalue weighted by molar-refractivity contribution is 8.15. The van der Waals surface area contributed by atoms with Crippen LogP contribution in [0.5, 0.6) is 11.8 Å². The van der Waals surface area contributed by atoms with E-state index in [1.807, 2.05) is 24.3 Å². The standard InChI is InChI=1S/C17H17ClN4O4S/c1-25-16-20-13(18)9-14(21-16)19-6-7-26-11-4-2-10(3-5-11)8-12-15(23)22-17(24)27-12/h2-5,9,12H,6-8H2,1H3,(H,19,20,21)(H,22,23,24). The second kappa shape index (κ2) is 8.92. The van der Waals surface area contributed by atoms with Crippen LogP contribution in [0.1, 0.15) is 5.56 Å². The summed E-state index contributed by atoms with van der Waals surface area (Å²) in [6.45, 7) is 0.928. The molecular formula is C17H17ClN4O4S. The number of halogens is 1. The van der Waals surface area contributed by atoms with E-state index >= 15 is 0 Å². The average molecular weight is 409 g/mol. The van der Waals surface area contributed by atoms with Crippen LogP contribution in [0.2, 0.25) is 5.15 Å². The number of nitrogens with zero attached hydrogens (tertiary/aromatic N) is 2. The zero-order valence-corrected chi connectivity index (χ0v) is 16.0. The Kier molecular flexibility index (Phi) is 6.36. The average Bonchev–Trinajstić information content (AvgIpc) is 2.96. The van der Waals surface area contributed by atoms with Gasteiger partial charge in [0.25, 0.3) is 5.24 Å². The molecule has 1 unspecified atom stereocenters. The summed E-state index contributed by atoms with van der Waals surface area (Å²) in [5.41, 5.74) is 0.963. The van der Waals surface area contributed by atoms with Crippen LogP contribution in [0.25, 0.3) is 0 Å². The molecule has 0 spiro atoms. The largest absolute Gasteiger partial charge is 0.492 e. The summed E-state index contributed by atoms with van der Waals surface area (Å²) in [5.74, 6) is 1.02. The zero-order chi connectivity index (χ0) is 19.2. The number of ether oxygens (including phenoxy) is 2. The first kappa shape index (κ1) is 19.2. The fraction of sp³-hybridized carbons (Fsp3) is 0.294. The number of thioether (sulfide) groups is 1. The lowest BCUT2D eigenvalue weighted by atomic mass is 10.1. The predicted octanol–water partition coefficient (Wildman–Crippen LogP) is 2.52. The van der Waals surface area contributed by atoms with Crippen molar-refractivity contribution < 1.29 is 19.1 Å². The van der Waals surface area contributed by atoms with Crippen molar-refractivity contribution in [3.05, 3.63) is 41.0 Å². The molecule has 1 aliphatic heterocycles. The van der Waals surface area contributed by atoms with Crippen molar-refractivity contribution in [3.8, 4) is 11.8 Å². The maximum absolute atomic E-state index is 11.6. The van der Waals surface area contributed by atoms with E-state index in [1.54, 1.807) is 6.07 Å². The molecule has 3 rings (SSSR count). The summed E-state index contributed by atoms with van der Waals surface area (Å²) >= 11 is 6.91. The predicted molar refractivity (Wildman–Crippen MR) is 103 cm³/mol. The number of anilines is 1. The summed E-state index contributed by atoms with van der Waals surface area (Å²) in [5, 5.41) is 4.99. The fourth-order valence-corrected chi connectivity index (χ4v) is 3.43. The lowest BCUT2D eigenvalue weighted by Crippen LogP contribution is -2.25. The van der Waals surface area contributed by atoms with E-state index in [0.29, 0.717) is 31.1 Å². The molecule has 1 aliphatic rings. The molecule has 1 aromatic carbocycles. The molecule has 10 heteroatoms. The van der Waals surface area contributed by atoms with Gasteiger partial charge in [-0.25, -0.2) is 0 Å². The molecule has 0 saturated carbocycles.